The molecular formula is C13H25Cl3Si2V. The van der Waals surface area contributed by atoms with Gasteiger partial charge < -0.3 is 37.2 Å². The van der Waals surface area contributed by atoms with Gasteiger partial charge >= 0.3 is 113 Å². The molecule has 0 bridgehead atoms. The van der Waals surface area contributed by atoms with Crippen molar-refractivity contribution in [1.82, 2.24) is 0 Å². The molecule has 0 saturated carbocycles. The first-order chi connectivity index (χ1) is 7.05. The zero-order chi connectivity index (χ0) is 12.7. The molecule has 1 rings (SSSR count). The summed E-state index contributed by atoms with van der Waals surface area (Å²) in [5.41, 5.74) is 3.35. The molecule has 0 aromatic heterocycles. The van der Waals surface area contributed by atoms with Gasteiger partial charge in [-0.25, -0.2) is 0 Å². The minimum atomic E-state index is -1.12. The quantitative estimate of drug-likeness (QED) is 0.425. The van der Waals surface area contributed by atoms with Gasteiger partial charge in [-0.3, -0.25) is 0 Å². The van der Waals surface area contributed by atoms with Crippen LogP contribution in [0, 0.1) is 0 Å². The van der Waals surface area contributed by atoms with Crippen molar-refractivity contribution in [2.45, 2.75) is 57.8 Å². The van der Waals surface area contributed by atoms with E-state index in [1.54, 1.807) is 11.1 Å². The molecule has 6 heteroatoms. The van der Waals surface area contributed by atoms with E-state index in [0.29, 0.717) is 0 Å². The molecule has 0 aromatic carbocycles. The second kappa shape index (κ2) is 8.72. The normalized spacial score (nSPS) is 15.6. The van der Waals surface area contributed by atoms with Gasteiger partial charge in [0.15, 0.2) is 0 Å². The second-order valence-electron chi connectivity index (χ2n) is 7.15. The molecule has 1 aliphatic rings. The molecule has 0 atom stereocenters. The maximum atomic E-state index is 2.81. The predicted octanol–water partition coefficient (Wildman–Crippen LogP) is -4.26. The number of halogens is 3. The molecule has 0 aromatic rings. The molecule has 0 saturated heterocycles. The van der Waals surface area contributed by atoms with E-state index in [1.807, 2.05) is 0 Å². The number of rotatable bonds is 3. The van der Waals surface area contributed by atoms with E-state index in [9.17, 15) is 0 Å². The van der Waals surface area contributed by atoms with Crippen molar-refractivity contribution in [2.75, 3.05) is 0 Å². The van der Waals surface area contributed by atoms with Crippen molar-refractivity contribution >= 4 is 16.1 Å². The Bertz CT molecular complexity index is 338. The second-order valence-corrected chi connectivity index (χ2v) is 19.1. The predicted molar refractivity (Wildman–Crippen MR) is 75.8 cm³/mol. The van der Waals surface area contributed by atoms with E-state index < -0.39 is 16.1 Å². The maximum absolute atomic E-state index is 2.81. The van der Waals surface area contributed by atoms with Gasteiger partial charge in [-0.2, -0.15) is 0 Å². The van der Waals surface area contributed by atoms with Crippen LogP contribution in [-0.2, 0) is 17.4 Å². The third kappa shape index (κ3) is 6.34. The Morgan fingerprint density at radius 2 is 1.32 bits per heavy atom. The molecule has 0 aliphatic heterocycles. The summed E-state index contributed by atoms with van der Waals surface area (Å²) < 4.78 is 1.51. The van der Waals surface area contributed by atoms with Gasteiger partial charge in [0.25, 0.3) is 0 Å². The fourth-order valence-corrected chi connectivity index (χ4v) is 17.2. The van der Waals surface area contributed by atoms with Crippen molar-refractivity contribution in [3.05, 3.63) is 21.5 Å². The number of allylic oxidation sites excluding steroid dienone is 4. The molecule has 0 unspecified atom stereocenters. The molecule has 0 heterocycles. The van der Waals surface area contributed by atoms with Gasteiger partial charge in [0, 0.05) is 0 Å². The SMILES string of the molecule is CC1=C(C([Si](C)(C)C)[Si](C)(C)C)[C]([V+3])=CC1.[Cl-].[Cl-].[Cl-]. The third-order valence-corrected chi connectivity index (χ3v) is 13.3. The van der Waals surface area contributed by atoms with Crippen molar-refractivity contribution < 1.29 is 54.6 Å². The summed E-state index contributed by atoms with van der Waals surface area (Å²) in [6, 6.07) is 0. The van der Waals surface area contributed by atoms with Crippen LogP contribution in [-0.4, -0.2) is 16.1 Å². The number of hydrogen-bond acceptors (Lipinski definition) is 0. The minimum Gasteiger partial charge on any atom is -1.00 e. The molecule has 0 radical (unpaired) electrons. The molecule has 0 amide bonds. The fourth-order valence-electron chi connectivity index (χ4n) is 3.25. The van der Waals surface area contributed by atoms with E-state index >= 15 is 0 Å². The first-order valence-corrected chi connectivity index (χ1v) is 14.0. The zero-order valence-electron chi connectivity index (χ0n) is 12.9. The fraction of sp³-hybridized carbons (Fsp3) is 0.692. The van der Waals surface area contributed by atoms with Crippen LogP contribution in [0.3, 0.4) is 0 Å². The van der Waals surface area contributed by atoms with Crippen molar-refractivity contribution in [3.8, 4) is 0 Å². The average molecular weight is 395 g/mol. The Morgan fingerprint density at radius 3 is 1.53 bits per heavy atom. The van der Waals surface area contributed by atoms with Gasteiger partial charge in [0.1, 0.15) is 0 Å². The molecular weight excluding hydrogens is 370 g/mol. The average Bonchev–Trinajstić information content (AvgIpc) is 2.30. The standard InChI is InChI=1S/C13H25Si2.3ClH.V/c1-11-9-8-10-12(11)13(14(2,3)4)15(5,6)7;;;;/h8,13H,9H2,1-7H3;3*1H;/q;;;;+3/p-3. The van der Waals surface area contributed by atoms with E-state index in [1.165, 1.54) is 10.7 Å². The van der Waals surface area contributed by atoms with Gasteiger partial charge in [0.05, 0.1) is 0 Å². The minimum absolute atomic E-state index is 0. The van der Waals surface area contributed by atoms with Crippen LogP contribution in [0.15, 0.2) is 21.5 Å². The third-order valence-electron chi connectivity index (χ3n) is 3.36. The molecule has 0 fully saturated rings. The summed E-state index contributed by atoms with van der Waals surface area (Å²) in [6.07, 6.45) is 3.59. The zero-order valence-corrected chi connectivity index (χ0v) is 18.6. The Balaban J connectivity index is -0.000000853. The molecule has 111 valence electrons. The van der Waals surface area contributed by atoms with E-state index in [4.69, 9.17) is 0 Å². The van der Waals surface area contributed by atoms with Crippen LogP contribution in [0.1, 0.15) is 13.3 Å². The van der Waals surface area contributed by atoms with Crippen molar-refractivity contribution in [3.63, 3.8) is 0 Å². The Labute approximate surface area is 149 Å². The summed E-state index contributed by atoms with van der Waals surface area (Å²) in [7, 11) is -2.24. The van der Waals surface area contributed by atoms with Gasteiger partial charge in [-0.05, 0) is 0 Å². The van der Waals surface area contributed by atoms with Crippen LogP contribution in [0.5, 0.6) is 0 Å². The topological polar surface area (TPSA) is 0 Å². The van der Waals surface area contributed by atoms with Crippen molar-refractivity contribution in [1.29, 1.82) is 0 Å². The van der Waals surface area contributed by atoms with Crippen LogP contribution in [0.4, 0.5) is 0 Å². The first-order valence-electron chi connectivity index (χ1n) is 6.14. The Kier molecular flexibility index (Phi) is 11.6. The van der Waals surface area contributed by atoms with Gasteiger partial charge in [0.2, 0.25) is 0 Å². The van der Waals surface area contributed by atoms with Crippen LogP contribution in [0.2, 0.25) is 44.4 Å². The van der Waals surface area contributed by atoms with Crippen molar-refractivity contribution in [2.24, 2.45) is 0 Å². The van der Waals surface area contributed by atoms with Gasteiger partial charge in [-0.1, -0.05) is 0 Å². The maximum Gasteiger partial charge on any atom is -1.00 e. The van der Waals surface area contributed by atoms with E-state index in [-0.39, 0.29) is 37.2 Å². The van der Waals surface area contributed by atoms with Crippen LogP contribution < -0.4 is 37.2 Å². The van der Waals surface area contributed by atoms with Crippen LogP contribution >= 0.6 is 0 Å². The smallest absolute Gasteiger partial charge is 1.00 e. The summed E-state index contributed by atoms with van der Waals surface area (Å²) >= 11 is 2.81. The summed E-state index contributed by atoms with van der Waals surface area (Å²) in [5.74, 6) is 0. The Morgan fingerprint density at radius 1 is 0.947 bits per heavy atom. The monoisotopic (exact) mass is 393 g/mol. The van der Waals surface area contributed by atoms with Crippen LogP contribution in [0.25, 0.3) is 0 Å². The molecule has 0 N–H and O–H groups in total. The van der Waals surface area contributed by atoms with E-state index in [0.717, 1.165) is 5.16 Å². The Hall–Kier alpha value is 1.37. The molecule has 0 nitrogen and oxygen atoms in total. The number of hydrogen-bond donors (Lipinski definition) is 0. The summed E-state index contributed by atoms with van der Waals surface area (Å²) in [5, 5.41) is 0.900. The summed E-state index contributed by atoms with van der Waals surface area (Å²) in [6.45, 7) is 17.6. The first kappa shape index (κ1) is 25.3. The summed E-state index contributed by atoms with van der Waals surface area (Å²) in [4.78, 5) is 0. The molecule has 19 heavy (non-hydrogen) atoms. The molecule has 1 aliphatic carbocycles. The van der Waals surface area contributed by atoms with E-state index in [2.05, 4.69) is 69.7 Å². The largest absolute Gasteiger partial charge is 1.00 e. The van der Waals surface area contributed by atoms with Gasteiger partial charge in [-0.15, -0.1) is 0 Å². The molecule has 0 spiro atoms.